The molecule has 0 fully saturated rings. The van der Waals surface area contributed by atoms with Crippen LogP contribution in [0.5, 0.6) is 5.75 Å². The Labute approximate surface area is 173 Å². The maximum Gasteiger partial charge on any atom is 0.248 e. The molecule has 0 saturated carbocycles. The standard InChI is InChI=1S/C24H20N2O2S/c1-16-3-13-21-22(15-16)29-24(26-21)18-7-9-19(10-8-18)25-23(27)14-6-17-4-11-20(28-2)12-5-17/h3-15H,1-2H3,(H,25,27)/b14-6+. The fourth-order valence-corrected chi connectivity index (χ4v) is 3.99. The second-order valence-electron chi connectivity index (χ2n) is 6.66. The summed E-state index contributed by atoms with van der Waals surface area (Å²) in [5.41, 5.74) is 4.96. The van der Waals surface area contributed by atoms with E-state index in [1.54, 1.807) is 24.5 Å². The zero-order valence-electron chi connectivity index (χ0n) is 16.2. The van der Waals surface area contributed by atoms with Gasteiger partial charge in [-0.3, -0.25) is 4.79 Å². The molecule has 0 spiro atoms. The number of methoxy groups -OCH3 is 1. The van der Waals surface area contributed by atoms with E-state index in [1.165, 1.54) is 16.3 Å². The van der Waals surface area contributed by atoms with Gasteiger partial charge in [-0.05, 0) is 72.7 Å². The van der Waals surface area contributed by atoms with Crippen LogP contribution in [0.1, 0.15) is 11.1 Å². The number of aryl methyl sites for hydroxylation is 1. The molecule has 0 aliphatic carbocycles. The molecular formula is C24H20N2O2S. The largest absolute Gasteiger partial charge is 0.497 e. The zero-order valence-corrected chi connectivity index (χ0v) is 17.0. The van der Waals surface area contributed by atoms with Crippen LogP contribution in [-0.2, 0) is 4.79 Å². The second kappa shape index (κ2) is 8.29. The number of fused-ring (bicyclic) bond motifs is 1. The van der Waals surface area contributed by atoms with Crippen molar-refractivity contribution in [1.82, 2.24) is 4.98 Å². The van der Waals surface area contributed by atoms with E-state index in [2.05, 4.69) is 30.4 Å². The number of carbonyl (C=O) groups is 1. The molecule has 1 amide bonds. The van der Waals surface area contributed by atoms with Crippen molar-refractivity contribution in [2.24, 2.45) is 0 Å². The molecule has 4 aromatic rings. The Bertz CT molecular complexity index is 1180. The number of nitrogens with one attached hydrogen (secondary N) is 1. The lowest BCUT2D eigenvalue weighted by atomic mass is 10.2. The quantitative estimate of drug-likeness (QED) is 0.422. The SMILES string of the molecule is COc1ccc(/C=C/C(=O)Nc2ccc(-c3nc4ccc(C)cc4s3)cc2)cc1. The number of rotatable bonds is 5. The van der Waals surface area contributed by atoms with Crippen LogP contribution < -0.4 is 10.1 Å². The first-order chi connectivity index (χ1) is 14.1. The van der Waals surface area contributed by atoms with E-state index >= 15 is 0 Å². The number of thiazole rings is 1. The van der Waals surface area contributed by atoms with E-state index in [4.69, 9.17) is 9.72 Å². The molecule has 0 radical (unpaired) electrons. The summed E-state index contributed by atoms with van der Waals surface area (Å²) in [5.74, 6) is 0.610. The van der Waals surface area contributed by atoms with Crippen molar-refractivity contribution in [3.8, 4) is 16.3 Å². The summed E-state index contributed by atoms with van der Waals surface area (Å²) in [5, 5.41) is 3.85. The van der Waals surface area contributed by atoms with Crippen LogP contribution in [0, 0.1) is 6.92 Å². The van der Waals surface area contributed by atoms with Gasteiger partial charge >= 0.3 is 0 Å². The molecule has 144 valence electrons. The van der Waals surface area contributed by atoms with Gasteiger partial charge in [0.15, 0.2) is 0 Å². The highest BCUT2D eigenvalue weighted by molar-refractivity contribution is 7.21. The van der Waals surface area contributed by atoms with Crippen molar-refractivity contribution in [3.05, 3.63) is 83.9 Å². The van der Waals surface area contributed by atoms with E-state index < -0.39 is 0 Å². The van der Waals surface area contributed by atoms with Crippen molar-refractivity contribution >= 4 is 39.2 Å². The van der Waals surface area contributed by atoms with Crippen LogP contribution in [0.2, 0.25) is 0 Å². The maximum atomic E-state index is 12.2. The van der Waals surface area contributed by atoms with Gasteiger partial charge in [0.05, 0.1) is 17.3 Å². The third kappa shape index (κ3) is 4.52. The van der Waals surface area contributed by atoms with Gasteiger partial charge in [0, 0.05) is 17.3 Å². The zero-order chi connectivity index (χ0) is 20.2. The molecule has 5 heteroatoms. The highest BCUT2D eigenvalue weighted by Gasteiger charge is 2.07. The monoisotopic (exact) mass is 400 g/mol. The van der Waals surface area contributed by atoms with Crippen molar-refractivity contribution in [3.63, 3.8) is 0 Å². The summed E-state index contributed by atoms with van der Waals surface area (Å²) in [4.78, 5) is 16.9. The minimum atomic E-state index is -0.177. The van der Waals surface area contributed by atoms with E-state index in [9.17, 15) is 4.79 Å². The summed E-state index contributed by atoms with van der Waals surface area (Å²) in [6.45, 7) is 2.08. The summed E-state index contributed by atoms with van der Waals surface area (Å²) < 4.78 is 6.31. The van der Waals surface area contributed by atoms with Gasteiger partial charge in [-0.25, -0.2) is 4.98 Å². The van der Waals surface area contributed by atoms with E-state index in [0.717, 1.165) is 33.1 Å². The predicted octanol–water partition coefficient (Wildman–Crippen LogP) is 5.93. The molecule has 0 aliphatic rings. The first kappa shape index (κ1) is 18.9. The molecule has 1 aromatic heterocycles. The molecule has 0 bridgehead atoms. The minimum absolute atomic E-state index is 0.177. The lowest BCUT2D eigenvalue weighted by molar-refractivity contribution is -0.111. The average Bonchev–Trinajstić information content (AvgIpc) is 3.16. The lowest BCUT2D eigenvalue weighted by Crippen LogP contribution is -2.07. The highest BCUT2D eigenvalue weighted by Crippen LogP contribution is 2.31. The fraction of sp³-hybridized carbons (Fsp3) is 0.0833. The first-order valence-corrected chi connectivity index (χ1v) is 10.0. The topological polar surface area (TPSA) is 51.2 Å². The summed E-state index contributed by atoms with van der Waals surface area (Å²) >= 11 is 1.67. The van der Waals surface area contributed by atoms with Crippen molar-refractivity contribution in [1.29, 1.82) is 0 Å². The Morgan fingerprint density at radius 1 is 1.03 bits per heavy atom. The van der Waals surface area contributed by atoms with Crippen molar-refractivity contribution in [2.45, 2.75) is 6.92 Å². The summed E-state index contributed by atoms with van der Waals surface area (Å²) in [7, 11) is 1.63. The average molecular weight is 401 g/mol. The number of ether oxygens (including phenoxy) is 1. The second-order valence-corrected chi connectivity index (χ2v) is 7.69. The maximum absolute atomic E-state index is 12.2. The fourth-order valence-electron chi connectivity index (χ4n) is 2.92. The minimum Gasteiger partial charge on any atom is -0.497 e. The molecule has 4 rings (SSSR count). The normalized spacial score (nSPS) is 11.1. The molecular weight excluding hydrogens is 380 g/mol. The molecule has 4 nitrogen and oxygen atoms in total. The van der Waals surface area contributed by atoms with Gasteiger partial charge in [-0.15, -0.1) is 11.3 Å². The van der Waals surface area contributed by atoms with Gasteiger partial charge < -0.3 is 10.1 Å². The molecule has 0 saturated heterocycles. The Kier molecular flexibility index (Phi) is 5.40. The van der Waals surface area contributed by atoms with Gasteiger partial charge in [-0.2, -0.15) is 0 Å². The number of nitrogens with zero attached hydrogens (tertiary/aromatic N) is 1. The molecule has 1 N–H and O–H groups in total. The Balaban J connectivity index is 1.42. The number of aromatic nitrogens is 1. The number of hydrogen-bond acceptors (Lipinski definition) is 4. The van der Waals surface area contributed by atoms with Crippen LogP contribution in [-0.4, -0.2) is 18.0 Å². The molecule has 29 heavy (non-hydrogen) atoms. The van der Waals surface area contributed by atoms with Crippen LogP contribution in [0.25, 0.3) is 26.9 Å². The van der Waals surface area contributed by atoms with Gasteiger partial charge in [0.25, 0.3) is 0 Å². The van der Waals surface area contributed by atoms with Gasteiger partial charge in [0.1, 0.15) is 10.8 Å². The Hall–Kier alpha value is -3.44. The summed E-state index contributed by atoms with van der Waals surface area (Å²) in [6.07, 6.45) is 3.29. The molecule has 0 atom stereocenters. The smallest absolute Gasteiger partial charge is 0.248 e. The summed E-state index contributed by atoms with van der Waals surface area (Å²) in [6, 6.07) is 21.5. The Morgan fingerprint density at radius 2 is 1.79 bits per heavy atom. The predicted molar refractivity (Wildman–Crippen MR) is 120 cm³/mol. The number of hydrogen-bond donors (Lipinski definition) is 1. The molecule has 0 unspecified atom stereocenters. The number of benzene rings is 3. The Morgan fingerprint density at radius 3 is 2.52 bits per heavy atom. The van der Waals surface area contributed by atoms with Crippen LogP contribution in [0.4, 0.5) is 5.69 Å². The van der Waals surface area contributed by atoms with Crippen LogP contribution in [0.3, 0.4) is 0 Å². The van der Waals surface area contributed by atoms with E-state index in [0.29, 0.717) is 0 Å². The van der Waals surface area contributed by atoms with Gasteiger partial charge in [0.2, 0.25) is 5.91 Å². The third-order valence-corrected chi connectivity index (χ3v) is 5.55. The number of carbonyl (C=O) groups excluding carboxylic acids is 1. The van der Waals surface area contributed by atoms with Crippen LogP contribution >= 0.6 is 11.3 Å². The molecule has 0 aliphatic heterocycles. The first-order valence-electron chi connectivity index (χ1n) is 9.21. The molecule has 3 aromatic carbocycles. The third-order valence-electron chi connectivity index (χ3n) is 4.49. The van der Waals surface area contributed by atoms with Crippen molar-refractivity contribution in [2.75, 3.05) is 12.4 Å². The highest BCUT2D eigenvalue weighted by atomic mass is 32.1. The van der Waals surface area contributed by atoms with Gasteiger partial charge in [-0.1, -0.05) is 18.2 Å². The molecule has 1 heterocycles. The van der Waals surface area contributed by atoms with E-state index in [1.807, 2.05) is 48.5 Å². The van der Waals surface area contributed by atoms with Crippen LogP contribution in [0.15, 0.2) is 72.8 Å². The number of amides is 1. The lowest BCUT2D eigenvalue weighted by Gasteiger charge is -2.03. The number of anilines is 1. The van der Waals surface area contributed by atoms with Crippen molar-refractivity contribution < 1.29 is 9.53 Å². The van der Waals surface area contributed by atoms with E-state index in [-0.39, 0.29) is 5.91 Å².